The van der Waals surface area contributed by atoms with Crippen LogP contribution >= 0.6 is 0 Å². The van der Waals surface area contributed by atoms with Crippen LogP contribution in [0, 0.1) is 0 Å². The summed E-state index contributed by atoms with van der Waals surface area (Å²) in [6.07, 6.45) is -0.903. The number of carbonyl (C=O) groups is 3. The van der Waals surface area contributed by atoms with Crippen molar-refractivity contribution in [1.82, 2.24) is 10.2 Å². The van der Waals surface area contributed by atoms with Crippen LogP contribution in [0.15, 0.2) is 18.2 Å². The van der Waals surface area contributed by atoms with Crippen molar-refractivity contribution in [3.05, 3.63) is 23.8 Å². The van der Waals surface area contributed by atoms with Crippen molar-refractivity contribution in [3.8, 4) is 0 Å². The Balaban J connectivity index is 2.15. The third kappa shape index (κ3) is 4.61. The Kier molecular flexibility index (Phi) is 5.62. The zero-order valence-electron chi connectivity index (χ0n) is 13.8. The van der Waals surface area contributed by atoms with Crippen LogP contribution in [-0.2, 0) is 16.1 Å². The van der Waals surface area contributed by atoms with Crippen molar-refractivity contribution < 1.29 is 19.5 Å². The zero-order valence-corrected chi connectivity index (χ0v) is 13.8. The third-order valence-electron chi connectivity index (χ3n) is 3.85. The monoisotopic (exact) mass is 334 g/mol. The molecule has 1 aromatic rings. The molecule has 1 fully saturated rings. The predicted molar refractivity (Wildman–Crippen MR) is 90.1 cm³/mol. The first kappa shape index (κ1) is 17.6. The van der Waals surface area contributed by atoms with E-state index in [1.165, 1.54) is 18.7 Å². The molecule has 0 spiro atoms. The SMILES string of the molecule is CC(=O)NCc1ccc(N2CCN(C(=O)O)CC2)cc1NC(C)=O. The van der Waals surface area contributed by atoms with Crippen LogP contribution in [0.25, 0.3) is 0 Å². The van der Waals surface area contributed by atoms with Gasteiger partial charge < -0.3 is 25.5 Å². The van der Waals surface area contributed by atoms with Crippen molar-refractivity contribution in [2.75, 3.05) is 36.4 Å². The Labute approximate surface area is 140 Å². The van der Waals surface area contributed by atoms with Gasteiger partial charge in [-0.3, -0.25) is 9.59 Å². The van der Waals surface area contributed by atoms with Crippen molar-refractivity contribution in [3.63, 3.8) is 0 Å². The molecule has 3 amide bonds. The smallest absolute Gasteiger partial charge is 0.407 e. The lowest BCUT2D eigenvalue weighted by Crippen LogP contribution is -2.48. The second-order valence-electron chi connectivity index (χ2n) is 5.69. The molecule has 0 unspecified atom stereocenters. The molecule has 0 radical (unpaired) electrons. The van der Waals surface area contributed by atoms with Crippen LogP contribution in [0.1, 0.15) is 19.4 Å². The van der Waals surface area contributed by atoms with E-state index in [2.05, 4.69) is 15.5 Å². The molecule has 0 saturated carbocycles. The summed E-state index contributed by atoms with van der Waals surface area (Å²) in [4.78, 5) is 36.9. The first-order valence-corrected chi connectivity index (χ1v) is 7.74. The zero-order chi connectivity index (χ0) is 17.7. The number of benzene rings is 1. The summed E-state index contributed by atoms with van der Waals surface area (Å²) in [5.74, 6) is -0.329. The molecule has 1 aromatic carbocycles. The molecule has 0 aromatic heterocycles. The summed E-state index contributed by atoms with van der Waals surface area (Å²) in [5, 5.41) is 14.5. The van der Waals surface area contributed by atoms with E-state index in [9.17, 15) is 14.4 Å². The quantitative estimate of drug-likeness (QED) is 0.765. The Morgan fingerprint density at radius 1 is 1.08 bits per heavy atom. The van der Waals surface area contributed by atoms with Crippen LogP contribution in [0.5, 0.6) is 0 Å². The third-order valence-corrected chi connectivity index (χ3v) is 3.85. The number of piperazine rings is 1. The Morgan fingerprint density at radius 3 is 2.29 bits per heavy atom. The molecular formula is C16H22N4O4. The maximum absolute atomic E-state index is 11.4. The molecule has 3 N–H and O–H groups in total. The molecule has 1 heterocycles. The largest absolute Gasteiger partial charge is 0.465 e. The molecule has 8 nitrogen and oxygen atoms in total. The van der Waals surface area contributed by atoms with Gasteiger partial charge in [-0.05, 0) is 17.7 Å². The van der Waals surface area contributed by atoms with Gasteiger partial charge in [0.2, 0.25) is 11.8 Å². The Bertz CT molecular complexity index is 639. The van der Waals surface area contributed by atoms with Gasteiger partial charge in [-0.25, -0.2) is 4.79 Å². The standard InChI is InChI=1S/C16H22N4O4/c1-11(21)17-10-13-3-4-14(9-15(13)18-12(2)22)19-5-7-20(8-6-19)16(23)24/h3-4,9H,5-8,10H2,1-2H3,(H,17,21)(H,18,22)(H,23,24). The van der Waals surface area contributed by atoms with Crippen LogP contribution in [0.3, 0.4) is 0 Å². The van der Waals surface area contributed by atoms with Crippen molar-refractivity contribution in [2.45, 2.75) is 20.4 Å². The number of carbonyl (C=O) groups excluding carboxylic acids is 2. The number of nitrogens with one attached hydrogen (secondary N) is 2. The minimum atomic E-state index is -0.903. The lowest BCUT2D eigenvalue weighted by atomic mass is 10.1. The van der Waals surface area contributed by atoms with Crippen molar-refractivity contribution >= 4 is 29.3 Å². The lowest BCUT2D eigenvalue weighted by Gasteiger charge is -2.35. The Hall–Kier alpha value is -2.77. The number of nitrogens with zero attached hydrogens (tertiary/aromatic N) is 2. The Morgan fingerprint density at radius 2 is 1.75 bits per heavy atom. The molecule has 0 aliphatic carbocycles. The average molecular weight is 334 g/mol. The highest BCUT2D eigenvalue weighted by Crippen LogP contribution is 2.25. The average Bonchev–Trinajstić information content (AvgIpc) is 2.53. The number of hydrogen-bond acceptors (Lipinski definition) is 4. The van der Waals surface area contributed by atoms with Gasteiger partial charge in [-0.2, -0.15) is 0 Å². The van der Waals surface area contributed by atoms with E-state index in [-0.39, 0.29) is 11.8 Å². The minimum absolute atomic E-state index is 0.141. The van der Waals surface area contributed by atoms with E-state index in [0.29, 0.717) is 38.4 Å². The van der Waals surface area contributed by atoms with E-state index in [4.69, 9.17) is 5.11 Å². The highest BCUT2D eigenvalue weighted by atomic mass is 16.4. The molecule has 2 rings (SSSR count). The second kappa shape index (κ2) is 7.67. The van der Waals surface area contributed by atoms with Gasteiger partial charge in [0, 0.05) is 57.9 Å². The van der Waals surface area contributed by atoms with Gasteiger partial charge in [-0.15, -0.1) is 0 Å². The number of carboxylic acid groups (broad SMARTS) is 1. The number of amides is 3. The predicted octanol–water partition coefficient (Wildman–Crippen LogP) is 1.08. The highest BCUT2D eigenvalue weighted by Gasteiger charge is 2.21. The first-order valence-electron chi connectivity index (χ1n) is 7.74. The van der Waals surface area contributed by atoms with Gasteiger partial charge in [-0.1, -0.05) is 6.07 Å². The topological polar surface area (TPSA) is 102 Å². The summed E-state index contributed by atoms with van der Waals surface area (Å²) in [5.41, 5.74) is 2.37. The summed E-state index contributed by atoms with van der Waals surface area (Å²) >= 11 is 0. The summed E-state index contributed by atoms with van der Waals surface area (Å²) < 4.78 is 0. The lowest BCUT2D eigenvalue weighted by molar-refractivity contribution is -0.119. The molecule has 0 atom stereocenters. The van der Waals surface area contributed by atoms with Gasteiger partial charge in [0.1, 0.15) is 0 Å². The van der Waals surface area contributed by atoms with Crippen LogP contribution < -0.4 is 15.5 Å². The van der Waals surface area contributed by atoms with Gasteiger partial charge in [0.25, 0.3) is 0 Å². The van der Waals surface area contributed by atoms with E-state index in [1.807, 2.05) is 18.2 Å². The summed E-state index contributed by atoms with van der Waals surface area (Å²) in [6.45, 7) is 5.28. The van der Waals surface area contributed by atoms with Gasteiger partial charge >= 0.3 is 6.09 Å². The molecule has 1 aliphatic heterocycles. The molecule has 1 saturated heterocycles. The molecule has 8 heteroatoms. The number of hydrogen-bond donors (Lipinski definition) is 3. The van der Waals surface area contributed by atoms with E-state index < -0.39 is 6.09 Å². The minimum Gasteiger partial charge on any atom is -0.465 e. The number of anilines is 2. The molecular weight excluding hydrogens is 312 g/mol. The summed E-state index contributed by atoms with van der Waals surface area (Å²) in [7, 11) is 0. The van der Waals surface area contributed by atoms with E-state index in [0.717, 1.165) is 11.3 Å². The normalized spacial score (nSPS) is 14.2. The molecule has 1 aliphatic rings. The fourth-order valence-corrected chi connectivity index (χ4v) is 2.60. The maximum atomic E-state index is 11.4. The highest BCUT2D eigenvalue weighted by molar-refractivity contribution is 5.90. The molecule has 130 valence electrons. The van der Waals surface area contributed by atoms with Gasteiger partial charge in [0.05, 0.1) is 0 Å². The van der Waals surface area contributed by atoms with Gasteiger partial charge in [0.15, 0.2) is 0 Å². The second-order valence-corrected chi connectivity index (χ2v) is 5.69. The van der Waals surface area contributed by atoms with E-state index >= 15 is 0 Å². The van der Waals surface area contributed by atoms with Crippen LogP contribution in [0.2, 0.25) is 0 Å². The molecule has 24 heavy (non-hydrogen) atoms. The molecule has 0 bridgehead atoms. The fraction of sp³-hybridized carbons (Fsp3) is 0.438. The first-order chi connectivity index (χ1) is 11.4. The van der Waals surface area contributed by atoms with E-state index in [1.54, 1.807) is 0 Å². The van der Waals surface area contributed by atoms with Crippen molar-refractivity contribution in [1.29, 1.82) is 0 Å². The number of rotatable bonds is 4. The van der Waals surface area contributed by atoms with Crippen molar-refractivity contribution in [2.24, 2.45) is 0 Å². The van der Waals surface area contributed by atoms with Crippen LogP contribution in [0.4, 0.5) is 16.2 Å². The maximum Gasteiger partial charge on any atom is 0.407 e. The fourth-order valence-electron chi connectivity index (χ4n) is 2.60. The van der Waals surface area contributed by atoms with Crippen LogP contribution in [-0.4, -0.2) is 54.1 Å². The summed E-state index contributed by atoms with van der Waals surface area (Å²) in [6, 6.07) is 5.63.